The van der Waals surface area contributed by atoms with Crippen LogP contribution in [0.25, 0.3) is 0 Å². The van der Waals surface area contributed by atoms with Crippen LogP contribution >= 0.6 is 0 Å². The third-order valence-corrected chi connectivity index (χ3v) is 8.17. The molecule has 0 radical (unpaired) electrons. The van der Waals surface area contributed by atoms with E-state index in [0.29, 0.717) is 19.4 Å². The Morgan fingerprint density at radius 3 is 1.30 bits per heavy atom. The second kappa shape index (κ2) is 41.9. The molecule has 0 rings (SSSR count). The Balaban J connectivity index is 0. The first-order valence-corrected chi connectivity index (χ1v) is 19.5. The molecule has 0 aromatic heterocycles. The Morgan fingerprint density at radius 2 is 0.894 bits per heavy atom. The number of carbonyl (C=O) groups is 2. The summed E-state index contributed by atoms with van der Waals surface area (Å²) < 4.78 is 9.85. The van der Waals surface area contributed by atoms with Crippen LogP contribution in [0.5, 0.6) is 0 Å². The molecule has 5 heteroatoms. The average Bonchev–Trinajstić information content (AvgIpc) is 3.08. The molecule has 0 aromatic rings. The molecule has 0 atom stereocenters. The number of nitrogens with zero attached hydrogens (tertiary/aromatic N) is 1. The Labute approximate surface area is 292 Å². The van der Waals surface area contributed by atoms with Gasteiger partial charge in [0.2, 0.25) is 0 Å². The number of ether oxygens (including phenoxy) is 2. The lowest BCUT2D eigenvalue weighted by Gasteiger charge is -2.13. The van der Waals surface area contributed by atoms with Gasteiger partial charge in [-0.2, -0.15) is 0 Å². The number of methoxy groups -OCH3 is 1. The largest absolute Gasteiger partial charge is 0.469 e. The first-order valence-electron chi connectivity index (χ1n) is 19.5. The fraction of sp³-hybridized carbons (Fsp3) is 0.762. The van der Waals surface area contributed by atoms with E-state index in [9.17, 15) is 9.59 Å². The molecule has 0 spiro atoms. The van der Waals surface area contributed by atoms with Gasteiger partial charge in [-0.05, 0) is 90.6 Å². The molecule has 0 saturated heterocycles. The predicted molar refractivity (Wildman–Crippen MR) is 205 cm³/mol. The van der Waals surface area contributed by atoms with Crippen LogP contribution in [0, 0.1) is 0 Å². The van der Waals surface area contributed by atoms with E-state index in [1.807, 2.05) is 7.05 Å². The van der Waals surface area contributed by atoms with Gasteiger partial charge < -0.3 is 14.4 Å². The van der Waals surface area contributed by atoms with E-state index in [4.69, 9.17) is 4.74 Å². The smallest absolute Gasteiger partial charge is 0.305 e. The normalized spacial score (nSPS) is 11.7. The standard InChI is InChI=1S/C23H43NO2.C19H34O2/c1-4-6-7-8-9-10-11-12-13-14-15-16-17-18-19-20-23(25)26-22-21-24(3)5-2;1-3-4-5-6-7-8-9-10-11-12-13-14-15-16-17-18-19(20)21-2/h9-10,12-13H,4-8,11,14-22H2,1-3H3;7-8,10-11H,3-6,9,12-18H2,1-2H3/b10-9-,13-12-;8-7-,11-10-. The molecule has 0 N–H and O–H groups in total. The maximum absolute atomic E-state index is 11.6. The Hall–Kier alpha value is -2.14. The fourth-order valence-electron chi connectivity index (χ4n) is 4.81. The number of esters is 2. The highest BCUT2D eigenvalue weighted by atomic mass is 16.5. The minimum absolute atomic E-state index is 0.0415. The summed E-state index contributed by atoms with van der Waals surface area (Å²) >= 11 is 0. The Kier molecular flexibility index (Phi) is 41.9. The summed E-state index contributed by atoms with van der Waals surface area (Å²) in [5, 5.41) is 0. The summed E-state index contributed by atoms with van der Waals surface area (Å²) in [5.41, 5.74) is 0. The van der Waals surface area contributed by atoms with Crippen LogP contribution in [-0.4, -0.2) is 50.7 Å². The first-order chi connectivity index (χ1) is 23.0. The maximum Gasteiger partial charge on any atom is 0.305 e. The molecular weight excluding hydrogens is 582 g/mol. The van der Waals surface area contributed by atoms with Gasteiger partial charge in [0.1, 0.15) is 6.61 Å². The molecule has 0 fully saturated rings. The van der Waals surface area contributed by atoms with Gasteiger partial charge in [0, 0.05) is 19.4 Å². The highest BCUT2D eigenvalue weighted by Crippen LogP contribution is 2.10. The maximum atomic E-state index is 11.6. The van der Waals surface area contributed by atoms with Crippen molar-refractivity contribution in [3.8, 4) is 0 Å². The number of allylic oxidation sites excluding steroid dienone is 8. The second-order valence-corrected chi connectivity index (χ2v) is 12.7. The molecule has 0 aliphatic heterocycles. The van der Waals surface area contributed by atoms with Crippen LogP contribution in [0.3, 0.4) is 0 Å². The van der Waals surface area contributed by atoms with Gasteiger partial charge in [0.25, 0.3) is 0 Å². The van der Waals surface area contributed by atoms with Gasteiger partial charge in [-0.3, -0.25) is 9.59 Å². The Bertz CT molecular complexity index is 771. The third kappa shape index (κ3) is 43.9. The number of likely N-dealkylation sites (N-methyl/N-ethyl adjacent to an activating group) is 1. The van der Waals surface area contributed by atoms with Crippen molar-refractivity contribution in [2.75, 3.05) is 33.9 Å². The van der Waals surface area contributed by atoms with Crippen molar-refractivity contribution in [3.63, 3.8) is 0 Å². The van der Waals surface area contributed by atoms with Crippen molar-refractivity contribution < 1.29 is 19.1 Å². The summed E-state index contributed by atoms with van der Waals surface area (Å²) in [6.45, 7) is 8.92. The average molecular weight is 660 g/mol. The Morgan fingerprint density at radius 1 is 0.511 bits per heavy atom. The molecular formula is C42H77NO4. The highest BCUT2D eigenvalue weighted by Gasteiger charge is 2.03. The molecule has 47 heavy (non-hydrogen) atoms. The minimum atomic E-state index is -0.0827. The lowest BCUT2D eigenvalue weighted by Crippen LogP contribution is -2.23. The van der Waals surface area contributed by atoms with Crippen LogP contribution in [0.4, 0.5) is 0 Å². The third-order valence-electron chi connectivity index (χ3n) is 8.17. The van der Waals surface area contributed by atoms with E-state index >= 15 is 0 Å². The lowest BCUT2D eigenvalue weighted by atomic mass is 10.1. The van der Waals surface area contributed by atoms with Gasteiger partial charge in [0.05, 0.1) is 7.11 Å². The van der Waals surface area contributed by atoms with Crippen molar-refractivity contribution in [1.82, 2.24) is 4.90 Å². The predicted octanol–water partition coefficient (Wildman–Crippen LogP) is 12.3. The van der Waals surface area contributed by atoms with Crippen LogP contribution in [0.1, 0.15) is 175 Å². The van der Waals surface area contributed by atoms with Crippen molar-refractivity contribution in [2.24, 2.45) is 0 Å². The fourth-order valence-corrected chi connectivity index (χ4v) is 4.81. The van der Waals surface area contributed by atoms with Gasteiger partial charge in [-0.25, -0.2) is 0 Å². The summed E-state index contributed by atoms with van der Waals surface area (Å²) in [5.74, 6) is -0.124. The van der Waals surface area contributed by atoms with Crippen molar-refractivity contribution in [1.29, 1.82) is 0 Å². The van der Waals surface area contributed by atoms with E-state index in [-0.39, 0.29) is 11.9 Å². The van der Waals surface area contributed by atoms with Crippen LogP contribution in [-0.2, 0) is 19.1 Å². The molecule has 0 bridgehead atoms. The summed E-state index contributed by atoms with van der Waals surface area (Å²) in [7, 11) is 3.49. The molecule has 5 nitrogen and oxygen atoms in total. The summed E-state index contributed by atoms with van der Waals surface area (Å²) in [6.07, 6.45) is 46.1. The van der Waals surface area contributed by atoms with E-state index in [0.717, 1.165) is 51.6 Å². The minimum Gasteiger partial charge on any atom is -0.469 e. The van der Waals surface area contributed by atoms with E-state index in [1.165, 1.54) is 110 Å². The van der Waals surface area contributed by atoms with Gasteiger partial charge >= 0.3 is 11.9 Å². The highest BCUT2D eigenvalue weighted by molar-refractivity contribution is 5.69. The zero-order valence-electron chi connectivity index (χ0n) is 31.8. The van der Waals surface area contributed by atoms with E-state index < -0.39 is 0 Å². The first kappa shape index (κ1) is 47.0. The number of hydrogen-bond acceptors (Lipinski definition) is 5. The number of unbranched alkanes of at least 4 members (excludes halogenated alkanes) is 16. The zero-order valence-corrected chi connectivity index (χ0v) is 31.8. The SMILES string of the molecule is CCCCC/C=C\C/C=C\CCCCCCCC(=O)OC.CCCCC/C=C\C/C=C\CCCCCCCC(=O)OCCN(C)CC. The summed E-state index contributed by atoms with van der Waals surface area (Å²) in [6, 6.07) is 0. The number of carbonyl (C=O) groups excluding carboxylic acids is 2. The lowest BCUT2D eigenvalue weighted by molar-refractivity contribution is -0.144. The quantitative estimate of drug-likeness (QED) is 0.0408. The number of rotatable bonds is 32. The second-order valence-electron chi connectivity index (χ2n) is 12.7. The molecule has 0 aromatic carbocycles. The molecule has 0 unspecified atom stereocenters. The van der Waals surface area contributed by atoms with E-state index in [2.05, 4.69) is 79.0 Å². The van der Waals surface area contributed by atoms with Gasteiger partial charge in [0.15, 0.2) is 0 Å². The monoisotopic (exact) mass is 660 g/mol. The van der Waals surface area contributed by atoms with Gasteiger partial charge in [-0.15, -0.1) is 0 Å². The van der Waals surface area contributed by atoms with Crippen LogP contribution in [0.2, 0.25) is 0 Å². The molecule has 0 aliphatic rings. The molecule has 0 amide bonds. The molecule has 0 aliphatic carbocycles. The molecule has 274 valence electrons. The van der Waals surface area contributed by atoms with Crippen molar-refractivity contribution in [2.45, 2.75) is 175 Å². The van der Waals surface area contributed by atoms with Gasteiger partial charge in [-0.1, -0.05) is 134 Å². The zero-order chi connectivity index (χ0) is 34.9. The molecule has 0 heterocycles. The topological polar surface area (TPSA) is 55.8 Å². The van der Waals surface area contributed by atoms with E-state index in [1.54, 1.807) is 0 Å². The summed E-state index contributed by atoms with van der Waals surface area (Å²) in [4.78, 5) is 24.6. The number of hydrogen-bond donors (Lipinski definition) is 0. The van der Waals surface area contributed by atoms with Crippen LogP contribution in [0.15, 0.2) is 48.6 Å². The van der Waals surface area contributed by atoms with Crippen molar-refractivity contribution >= 4 is 11.9 Å². The molecule has 0 saturated carbocycles. The van der Waals surface area contributed by atoms with Crippen molar-refractivity contribution in [3.05, 3.63) is 48.6 Å². The van der Waals surface area contributed by atoms with Crippen LogP contribution < -0.4 is 0 Å².